The predicted octanol–water partition coefficient (Wildman–Crippen LogP) is 3.32. The average molecular weight is 245 g/mol. The van der Waals surface area contributed by atoms with Crippen molar-refractivity contribution in [3.05, 3.63) is 52.9 Å². The Morgan fingerprint density at radius 1 is 1.17 bits per heavy atom. The highest BCUT2D eigenvalue weighted by atomic mass is 16.3. The molecular formula is C15H19NO2. The van der Waals surface area contributed by atoms with E-state index in [1.54, 1.807) is 6.20 Å². The van der Waals surface area contributed by atoms with Crippen molar-refractivity contribution in [1.29, 1.82) is 0 Å². The molecule has 0 aliphatic rings. The number of amides is 1. The highest BCUT2D eigenvalue weighted by molar-refractivity contribution is 6.20. The SMILES string of the molecule is CC(C)=CNC(=O)/C(=C(\C)O)c1ccc(C)cc1. The summed E-state index contributed by atoms with van der Waals surface area (Å²) in [6.07, 6.45) is 1.62. The van der Waals surface area contributed by atoms with Crippen molar-refractivity contribution >= 4 is 11.5 Å². The van der Waals surface area contributed by atoms with Gasteiger partial charge in [-0.25, -0.2) is 0 Å². The maximum atomic E-state index is 12.0. The Balaban J connectivity index is 3.06. The van der Waals surface area contributed by atoms with E-state index in [1.165, 1.54) is 6.92 Å². The van der Waals surface area contributed by atoms with Crippen LogP contribution in [-0.4, -0.2) is 11.0 Å². The fourth-order valence-corrected chi connectivity index (χ4v) is 1.51. The molecule has 3 heteroatoms. The summed E-state index contributed by atoms with van der Waals surface area (Å²) < 4.78 is 0. The Morgan fingerprint density at radius 3 is 2.17 bits per heavy atom. The van der Waals surface area contributed by atoms with Gasteiger partial charge < -0.3 is 10.4 Å². The quantitative estimate of drug-likeness (QED) is 0.634. The van der Waals surface area contributed by atoms with E-state index in [1.807, 2.05) is 45.0 Å². The van der Waals surface area contributed by atoms with E-state index in [9.17, 15) is 9.90 Å². The van der Waals surface area contributed by atoms with Crippen molar-refractivity contribution in [3.63, 3.8) is 0 Å². The zero-order chi connectivity index (χ0) is 13.7. The van der Waals surface area contributed by atoms with E-state index in [4.69, 9.17) is 0 Å². The third-order valence-corrected chi connectivity index (χ3v) is 2.42. The summed E-state index contributed by atoms with van der Waals surface area (Å²) in [5.74, 6) is -0.293. The summed E-state index contributed by atoms with van der Waals surface area (Å²) in [5, 5.41) is 12.3. The minimum Gasteiger partial charge on any atom is -0.512 e. The average Bonchev–Trinajstić information content (AvgIpc) is 2.29. The van der Waals surface area contributed by atoms with Gasteiger partial charge in [0.25, 0.3) is 5.91 Å². The van der Waals surface area contributed by atoms with Crippen LogP contribution in [0.1, 0.15) is 31.9 Å². The van der Waals surface area contributed by atoms with Gasteiger partial charge in [0.05, 0.1) is 5.57 Å². The number of allylic oxidation sites excluding steroid dienone is 2. The Labute approximate surface area is 108 Å². The van der Waals surface area contributed by atoms with Crippen molar-refractivity contribution in [1.82, 2.24) is 5.32 Å². The number of aliphatic hydroxyl groups is 1. The van der Waals surface area contributed by atoms with E-state index < -0.39 is 0 Å². The lowest BCUT2D eigenvalue weighted by molar-refractivity contribution is -0.114. The van der Waals surface area contributed by atoms with Gasteiger partial charge in [-0.05, 0) is 33.3 Å². The van der Waals surface area contributed by atoms with Crippen LogP contribution in [0, 0.1) is 6.92 Å². The van der Waals surface area contributed by atoms with Gasteiger partial charge in [-0.3, -0.25) is 4.79 Å². The van der Waals surface area contributed by atoms with Crippen LogP contribution >= 0.6 is 0 Å². The second-order valence-electron chi connectivity index (χ2n) is 4.52. The van der Waals surface area contributed by atoms with Gasteiger partial charge in [-0.2, -0.15) is 0 Å². The Bertz CT molecular complexity index is 488. The number of hydrogen-bond acceptors (Lipinski definition) is 2. The second kappa shape index (κ2) is 6.05. The largest absolute Gasteiger partial charge is 0.512 e. The number of aliphatic hydroxyl groups excluding tert-OH is 1. The first-order valence-corrected chi connectivity index (χ1v) is 5.83. The lowest BCUT2D eigenvalue weighted by Gasteiger charge is -2.08. The zero-order valence-corrected chi connectivity index (χ0v) is 11.2. The minimum atomic E-state index is -0.306. The van der Waals surface area contributed by atoms with Crippen LogP contribution in [0.25, 0.3) is 5.57 Å². The number of nitrogens with one attached hydrogen (secondary N) is 1. The molecule has 0 saturated carbocycles. The molecule has 1 aromatic carbocycles. The standard InChI is InChI=1S/C15H19NO2/c1-10(2)9-16-15(18)14(12(4)17)13-7-5-11(3)6-8-13/h5-9,17H,1-4H3,(H,16,18)/b14-12+. The number of carbonyl (C=O) groups excluding carboxylic acids is 1. The summed E-state index contributed by atoms with van der Waals surface area (Å²) in [6, 6.07) is 7.47. The van der Waals surface area contributed by atoms with Crippen LogP contribution in [0.15, 0.2) is 41.8 Å². The van der Waals surface area contributed by atoms with Gasteiger partial charge in [0, 0.05) is 6.20 Å². The first kappa shape index (κ1) is 14.0. The second-order valence-corrected chi connectivity index (χ2v) is 4.52. The Hall–Kier alpha value is -2.03. The maximum Gasteiger partial charge on any atom is 0.259 e. The molecule has 0 fully saturated rings. The van der Waals surface area contributed by atoms with Crippen molar-refractivity contribution in [3.8, 4) is 0 Å². The first-order valence-electron chi connectivity index (χ1n) is 5.83. The van der Waals surface area contributed by atoms with E-state index >= 15 is 0 Å². The number of carbonyl (C=O) groups is 1. The summed E-state index contributed by atoms with van der Waals surface area (Å²) >= 11 is 0. The van der Waals surface area contributed by atoms with Gasteiger partial charge in [-0.15, -0.1) is 0 Å². The number of hydrogen-bond donors (Lipinski definition) is 2. The lowest BCUT2D eigenvalue weighted by Crippen LogP contribution is -2.20. The molecule has 0 radical (unpaired) electrons. The fourth-order valence-electron chi connectivity index (χ4n) is 1.51. The molecule has 0 aliphatic heterocycles. The molecule has 0 heterocycles. The molecule has 0 aromatic heterocycles. The van der Waals surface area contributed by atoms with Crippen LogP contribution in [-0.2, 0) is 4.79 Å². The molecule has 0 aliphatic carbocycles. The number of aryl methyl sites for hydroxylation is 1. The third-order valence-electron chi connectivity index (χ3n) is 2.42. The van der Waals surface area contributed by atoms with Crippen LogP contribution < -0.4 is 5.32 Å². The summed E-state index contributed by atoms with van der Waals surface area (Å²) in [6.45, 7) is 7.27. The zero-order valence-electron chi connectivity index (χ0n) is 11.2. The molecule has 18 heavy (non-hydrogen) atoms. The number of rotatable bonds is 3. The Kier molecular flexibility index (Phi) is 4.72. The summed E-state index contributed by atoms with van der Waals surface area (Å²) in [4.78, 5) is 12.0. The normalized spacial score (nSPS) is 11.6. The Morgan fingerprint density at radius 2 is 1.72 bits per heavy atom. The molecule has 0 bridgehead atoms. The van der Waals surface area contributed by atoms with Crippen molar-refractivity contribution in [2.45, 2.75) is 27.7 Å². The summed E-state index contributed by atoms with van der Waals surface area (Å²) in [5.41, 5.74) is 3.10. The van der Waals surface area contributed by atoms with E-state index in [2.05, 4.69) is 5.32 Å². The molecule has 1 amide bonds. The molecule has 0 atom stereocenters. The van der Waals surface area contributed by atoms with Crippen LogP contribution in [0.3, 0.4) is 0 Å². The maximum absolute atomic E-state index is 12.0. The molecule has 0 saturated heterocycles. The molecule has 1 aromatic rings. The molecule has 0 unspecified atom stereocenters. The van der Waals surface area contributed by atoms with E-state index in [0.717, 1.165) is 11.1 Å². The smallest absolute Gasteiger partial charge is 0.259 e. The highest BCUT2D eigenvalue weighted by Gasteiger charge is 2.14. The fraction of sp³-hybridized carbons (Fsp3) is 0.267. The molecule has 1 rings (SSSR count). The van der Waals surface area contributed by atoms with Crippen molar-refractivity contribution in [2.24, 2.45) is 0 Å². The number of benzene rings is 1. The van der Waals surface area contributed by atoms with Gasteiger partial charge in [0.15, 0.2) is 0 Å². The molecule has 2 N–H and O–H groups in total. The molecule has 0 spiro atoms. The van der Waals surface area contributed by atoms with Gasteiger partial charge in [0.2, 0.25) is 0 Å². The molecule has 3 nitrogen and oxygen atoms in total. The lowest BCUT2D eigenvalue weighted by atomic mass is 10.0. The highest BCUT2D eigenvalue weighted by Crippen LogP contribution is 2.18. The topological polar surface area (TPSA) is 49.3 Å². The summed E-state index contributed by atoms with van der Waals surface area (Å²) in [7, 11) is 0. The van der Waals surface area contributed by atoms with E-state index in [0.29, 0.717) is 11.1 Å². The molecular weight excluding hydrogens is 226 g/mol. The van der Waals surface area contributed by atoms with Crippen molar-refractivity contribution < 1.29 is 9.90 Å². The minimum absolute atomic E-state index is 0.0125. The van der Waals surface area contributed by atoms with Gasteiger partial charge >= 0.3 is 0 Å². The van der Waals surface area contributed by atoms with Crippen LogP contribution in [0.5, 0.6) is 0 Å². The third kappa shape index (κ3) is 3.77. The first-order chi connectivity index (χ1) is 8.41. The van der Waals surface area contributed by atoms with Crippen molar-refractivity contribution in [2.75, 3.05) is 0 Å². The molecule has 96 valence electrons. The van der Waals surface area contributed by atoms with Crippen LogP contribution in [0.2, 0.25) is 0 Å². The van der Waals surface area contributed by atoms with Gasteiger partial charge in [0.1, 0.15) is 5.76 Å². The van der Waals surface area contributed by atoms with E-state index in [-0.39, 0.29) is 11.7 Å². The van der Waals surface area contributed by atoms with Crippen LogP contribution in [0.4, 0.5) is 0 Å². The monoisotopic (exact) mass is 245 g/mol. The predicted molar refractivity (Wildman–Crippen MR) is 74.0 cm³/mol. The van der Waals surface area contributed by atoms with Gasteiger partial charge in [-0.1, -0.05) is 35.4 Å².